The molecule has 0 radical (unpaired) electrons. The van der Waals surface area contributed by atoms with Gasteiger partial charge in [0.05, 0.1) is 6.54 Å². The zero-order chi connectivity index (χ0) is 23.3. The monoisotopic (exact) mass is 443 g/mol. The topological polar surface area (TPSA) is 178 Å². The molecule has 1 atom stereocenters. The van der Waals surface area contributed by atoms with Crippen LogP contribution in [0, 0.1) is 0 Å². The maximum atomic E-state index is 12.3. The minimum atomic E-state index is -1.36. The number of aliphatic imine (C=N–C) groups is 1. The molecular weight excluding hydrogens is 418 g/mol. The highest BCUT2D eigenvalue weighted by atomic mass is 16.5. The van der Waals surface area contributed by atoms with Gasteiger partial charge in [-0.15, -0.1) is 0 Å². The molecule has 170 valence electrons. The van der Waals surface area contributed by atoms with Crippen molar-refractivity contribution in [1.29, 1.82) is 0 Å². The summed E-state index contributed by atoms with van der Waals surface area (Å²) in [6.45, 7) is 0.217. The SMILES string of the molecule is NC(N)=NCCOc1ccc(C(=O)NC[C@H](NC(=O)OCc2ccccc2)C(=O)O)cc1. The highest BCUT2D eigenvalue weighted by molar-refractivity contribution is 5.94. The van der Waals surface area contributed by atoms with Crippen LogP contribution in [-0.2, 0) is 16.1 Å². The van der Waals surface area contributed by atoms with Gasteiger partial charge in [0.2, 0.25) is 0 Å². The molecule has 0 fully saturated rings. The van der Waals surface area contributed by atoms with E-state index in [0.717, 1.165) is 5.56 Å². The van der Waals surface area contributed by atoms with Crippen molar-refractivity contribution in [2.45, 2.75) is 12.6 Å². The number of hydrogen-bond donors (Lipinski definition) is 5. The van der Waals surface area contributed by atoms with Crippen LogP contribution >= 0.6 is 0 Å². The van der Waals surface area contributed by atoms with Gasteiger partial charge in [-0.25, -0.2) is 9.59 Å². The lowest BCUT2D eigenvalue weighted by Crippen LogP contribution is -2.48. The molecule has 0 spiro atoms. The summed E-state index contributed by atoms with van der Waals surface area (Å²) < 4.78 is 10.4. The Bertz CT molecular complexity index is 929. The molecular formula is C21H25N5O6. The first-order chi connectivity index (χ1) is 15.3. The van der Waals surface area contributed by atoms with Crippen molar-refractivity contribution in [3.05, 3.63) is 65.7 Å². The number of hydrogen-bond acceptors (Lipinski definition) is 6. The Morgan fingerprint density at radius 3 is 2.34 bits per heavy atom. The summed E-state index contributed by atoms with van der Waals surface area (Å²) in [5.74, 6) is -1.34. The quantitative estimate of drug-likeness (QED) is 0.189. The standard InChI is InChI=1S/C21H25N5O6/c22-20(23)24-10-11-31-16-8-6-15(7-9-16)18(27)25-12-17(19(28)29)26-21(30)32-13-14-4-2-1-3-5-14/h1-9,17H,10-13H2,(H,25,27)(H,26,30)(H,28,29)(H4,22,23,24)/t17-/m0/s1. The highest BCUT2D eigenvalue weighted by Crippen LogP contribution is 2.12. The summed E-state index contributed by atoms with van der Waals surface area (Å²) in [6.07, 6.45) is -0.905. The number of nitrogens with two attached hydrogens (primary N) is 2. The van der Waals surface area contributed by atoms with E-state index < -0.39 is 24.0 Å². The number of aliphatic carboxylic acids is 1. The molecule has 0 saturated carbocycles. The van der Waals surface area contributed by atoms with Gasteiger partial charge in [0.1, 0.15) is 25.0 Å². The Hall–Kier alpha value is -4.28. The third-order valence-electron chi connectivity index (χ3n) is 4.04. The summed E-state index contributed by atoms with van der Waals surface area (Å²) in [6, 6.07) is 13.8. The van der Waals surface area contributed by atoms with Gasteiger partial charge in [-0.3, -0.25) is 9.79 Å². The van der Waals surface area contributed by atoms with E-state index in [1.165, 1.54) is 12.1 Å². The first-order valence-electron chi connectivity index (χ1n) is 9.61. The van der Waals surface area contributed by atoms with Crippen LogP contribution in [0.3, 0.4) is 0 Å². The Morgan fingerprint density at radius 2 is 1.72 bits per heavy atom. The fraction of sp³-hybridized carbons (Fsp3) is 0.238. The van der Waals surface area contributed by atoms with E-state index >= 15 is 0 Å². The lowest BCUT2D eigenvalue weighted by Gasteiger charge is -2.15. The third kappa shape index (κ3) is 8.61. The molecule has 0 aliphatic carbocycles. The Morgan fingerprint density at radius 1 is 1.03 bits per heavy atom. The first-order valence-corrected chi connectivity index (χ1v) is 9.61. The molecule has 2 rings (SSSR count). The Labute approximate surface area is 184 Å². The van der Waals surface area contributed by atoms with Gasteiger partial charge in [-0.1, -0.05) is 30.3 Å². The van der Waals surface area contributed by atoms with E-state index in [4.69, 9.17) is 20.9 Å². The molecule has 0 aliphatic heterocycles. The second-order valence-corrected chi connectivity index (χ2v) is 6.49. The molecule has 2 aromatic rings. The fourth-order valence-corrected chi connectivity index (χ4v) is 2.44. The molecule has 0 unspecified atom stereocenters. The number of benzene rings is 2. The van der Waals surface area contributed by atoms with Crippen LogP contribution in [-0.4, -0.2) is 54.8 Å². The van der Waals surface area contributed by atoms with Gasteiger partial charge in [0.15, 0.2) is 5.96 Å². The van der Waals surface area contributed by atoms with Crippen LogP contribution in [0.25, 0.3) is 0 Å². The van der Waals surface area contributed by atoms with E-state index in [1.54, 1.807) is 36.4 Å². The predicted molar refractivity (Wildman–Crippen MR) is 116 cm³/mol. The average molecular weight is 443 g/mol. The number of alkyl carbamates (subject to hydrolysis) is 1. The second kappa shape index (κ2) is 12.4. The van der Waals surface area contributed by atoms with Crippen molar-refractivity contribution in [3.63, 3.8) is 0 Å². The van der Waals surface area contributed by atoms with Crippen LogP contribution < -0.4 is 26.8 Å². The number of nitrogens with zero attached hydrogens (tertiary/aromatic N) is 1. The molecule has 0 saturated heterocycles. The van der Waals surface area contributed by atoms with Crippen LogP contribution in [0.1, 0.15) is 15.9 Å². The van der Waals surface area contributed by atoms with Crippen LogP contribution in [0.2, 0.25) is 0 Å². The Kier molecular flexibility index (Phi) is 9.31. The number of amides is 2. The number of nitrogens with one attached hydrogen (secondary N) is 2. The van der Waals surface area contributed by atoms with Gasteiger partial charge < -0.3 is 36.7 Å². The summed E-state index contributed by atoms with van der Waals surface area (Å²) in [5.41, 5.74) is 11.5. The van der Waals surface area contributed by atoms with E-state index in [0.29, 0.717) is 12.3 Å². The van der Waals surface area contributed by atoms with Gasteiger partial charge in [0.25, 0.3) is 5.91 Å². The van der Waals surface area contributed by atoms with E-state index in [9.17, 15) is 19.5 Å². The van der Waals surface area contributed by atoms with E-state index in [-0.39, 0.29) is 31.3 Å². The molecule has 2 aromatic carbocycles. The summed E-state index contributed by atoms with van der Waals surface area (Å²) in [7, 11) is 0. The molecule has 11 nitrogen and oxygen atoms in total. The van der Waals surface area contributed by atoms with Crippen molar-refractivity contribution in [2.24, 2.45) is 16.5 Å². The minimum Gasteiger partial charge on any atom is -0.492 e. The third-order valence-corrected chi connectivity index (χ3v) is 4.04. The molecule has 0 aromatic heterocycles. The first kappa shape index (κ1) is 24.0. The normalized spacial score (nSPS) is 11.0. The summed E-state index contributed by atoms with van der Waals surface area (Å²) in [4.78, 5) is 39.4. The number of carboxylic acid groups (broad SMARTS) is 1. The van der Waals surface area contributed by atoms with Gasteiger partial charge in [-0.05, 0) is 29.8 Å². The smallest absolute Gasteiger partial charge is 0.408 e. The van der Waals surface area contributed by atoms with Gasteiger partial charge in [-0.2, -0.15) is 0 Å². The van der Waals surface area contributed by atoms with Crippen molar-refractivity contribution < 1.29 is 29.0 Å². The fourth-order valence-electron chi connectivity index (χ4n) is 2.44. The highest BCUT2D eigenvalue weighted by Gasteiger charge is 2.21. The van der Waals surface area contributed by atoms with Crippen molar-refractivity contribution in [3.8, 4) is 5.75 Å². The van der Waals surface area contributed by atoms with Crippen molar-refractivity contribution >= 4 is 23.9 Å². The number of rotatable bonds is 11. The van der Waals surface area contributed by atoms with E-state index in [1.807, 2.05) is 6.07 Å². The lowest BCUT2D eigenvalue weighted by molar-refractivity contribution is -0.139. The van der Waals surface area contributed by atoms with Crippen LogP contribution in [0.5, 0.6) is 5.75 Å². The molecule has 0 bridgehead atoms. The van der Waals surface area contributed by atoms with Crippen LogP contribution in [0.4, 0.5) is 4.79 Å². The molecule has 11 heteroatoms. The maximum Gasteiger partial charge on any atom is 0.408 e. The van der Waals surface area contributed by atoms with E-state index in [2.05, 4.69) is 15.6 Å². The summed E-state index contributed by atoms with van der Waals surface area (Å²) >= 11 is 0. The molecule has 2 amide bonds. The number of guanidine groups is 1. The largest absolute Gasteiger partial charge is 0.492 e. The van der Waals surface area contributed by atoms with Crippen molar-refractivity contribution in [2.75, 3.05) is 19.7 Å². The Balaban J connectivity index is 1.79. The molecule has 0 heterocycles. The lowest BCUT2D eigenvalue weighted by atomic mass is 10.2. The summed E-state index contributed by atoms with van der Waals surface area (Å²) in [5, 5.41) is 14.0. The number of carboxylic acids is 1. The van der Waals surface area contributed by atoms with Gasteiger partial charge in [0, 0.05) is 12.1 Å². The average Bonchev–Trinajstić information content (AvgIpc) is 2.78. The predicted octanol–water partition coefficient (Wildman–Crippen LogP) is 0.448. The number of carbonyl (C=O) groups excluding carboxylic acids is 2. The van der Waals surface area contributed by atoms with Gasteiger partial charge >= 0.3 is 12.1 Å². The zero-order valence-electron chi connectivity index (χ0n) is 17.2. The molecule has 32 heavy (non-hydrogen) atoms. The van der Waals surface area contributed by atoms with Crippen LogP contribution in [0.15, 0.2) is 59.6 Å². The molecule has 7 N–H and O–H groups in total. The minimum absolute atomic E-state index is 0.00819. The maximum absolute atomic E-state index is 12.3. The second-order valence-electron chi connectivity index (χ2n) is 6.49. The number of carbonyl (C=O) groups is 3. The van der Waals surface area contributed by atoms with Crippen molar-refractivity contribution in [1.82, 2.24) is 10.6 Å². The zero-order valence-corrected chi connectivity index (χ0v) is 17.2. The number of ether oxygens (including phenoxy) is 2. The molecule has 0 aliphatic rings.